The molecular weight excluding hydrogens is 306 g/mol. The highest BCUT2D eigenvalue weighted by Gasteiger charge is 2.23. The lowest BCUT2D eigenvalue weighted by atomic mass is 10.8. The molecule has 2 aromatic rings. The minimum atomic E-state index is 0.443. The summed E-state index contributed by atoms with van der Waals surface area (Å²) in [6.45, 7) is 0.443. The van der Waals surface area contributed by atoms with Gasteiger partial charge in [0.25, 0.3) is 20.6 Å². The lowest BCUT2D eigenvalue weighted by molar-refractivity contribution is -0.669. The number of nitrogens with zero attached hydrogens (tertiary/aromatic N) is 4. The lowest BCUT2D eigenvalue weighted by Gasteiger charge is -1.94. The zero-order chi connectivity index (χ0) is 12.7. The van der Waals surface area contributed by atoms with E-state index in [1.165, 1.54) is 0 Å². The number of rotatable bonds is 2. The normalized spacial score (nSPS) is 11.2. The summed E-state index contributed by atoms with van der Waals surface area (Å²) in [6.07, 6.45) is 3.57. The van der Waals surface area contributed by atoms with Gasteiger partial charge in [0.05, 0.1) is 14.1 Å². The van der Waals surface area contributed by atoms with Crippen LogP contribution in [-0.4, -0.2) is 9.13 Å². The summed E-state index contributed by atoms with van der Waals surface area (Å²) in [5.74, 6) is 0. The van der Waals surface area contributed by atoms with Crippen molar-refractivity contribution in [3.05, 3.63) is 33.3 Å². The fourth-order valence-electron chi connectivity index (χ4n) is 1.51. The van der Waals surface area contributed by atoms with Gasteiger partial charge in [0.2, 0.25) is 19.3 Å². The van der Waals surface area contributed by atoms with Crippen LogP contribution in [0.4, 0.5) is 0 Å². The largest absolute Gasteiger partial charge is 0.258 e. The SMILES string of the molecule is C[n+]1cn(Cn2c[n+](C)c(Cl)c2Cl)c(Cl)c1Cl. The zero-order valence-corrected chi connectivity index (χ0v) is 12.2. The highest BCUT2D eigenvalue weighted by atomic mass is 35.5. The molecule has 2 aromatic heterocycles. The maximum absolute atomic E-state index is 6.08. The molecule has 0 fully saturated rings. The first-order valence-electron chi connectivity index (χ1n) is 4.71. The summed E-state index contributed by atoms with van der Waals surface area (Å²) in [5, 5.41) is 1.87. The Morgan fingerprint density at radius 3 is 1.47 bits per heavy atom. The van der Waals surface area contributed by atoms with Crippen LogP contribution < -0.4 is 9.13 Å². The molecule has 0 saturated heterocycles. The molecule has 0 spiro atoms. The van der Waals surface area contributed by atoms with Crippen LogP contribution in [0.3, 0.4) is 0 Å². The standard InChI is InChI=1S/C9H10Cl4N4/c1-14-3-16(8(12)6(14)10)5-17-4-15(2)7(11)9(17)13/h3-4H,5H2,1-2H3/q+2. The first-order chi connectivity index (χ1) is 7.91. The molecular formula is C9H10Cl4N4+2. The summed E-state index contributed by atoms with van der Waals surface area (Å²) >= 11 is 24.1. The first kappa shape index (κ1) is 13.0. The van der Waals surface area contributed by atoms with E-state index in [0.29, 0.717) is 27.3 Å². The van der Waals surface area contributed by atoms with Crippen molar-refractivity contribution in [3.63, 3.8) is 0 Å². The number of imidazole rings is 2. The van der Waals surface area contributed by atoms with Gasteiger partial charge in [-0.15, -0.1) is 0 Å². The molecule has 2 rings (SSSR count). The van der Waals surface area contributed by atoms with E-state index in [1.807, 2.05) is 14.1 Å². The summed E-state index contributed by atoms with van der Waals surface area (Å²) in [5.41, 5.74) is 0. The second-order valence-corrected chi connectivity index (χ2v) is 5.13. The van der Waals surface area contributed by atoms with Crippen LogP contribution in [0.15, 0.2) is 12.7 Å². The molecule has 0 aliphatic carbocycles. The summed E-state index contributed by atoms with van der Waals surface area (Å²) in [6, 6.07) is 0. The fraction of sp³-hybridized carbons (Fsp3) is 0.333. The molecule has 0 N–H and O–H groups in total. The van der Waals surface area contributed by atoms with Gasteiger partial charge >= 0.3 is 0 Å². The second kappa shape index (κ2) is 4.69. The molecule has 8 heteroatoms. The summed E-state index contributed by atoms with van der Waals surface area (Å²) in [7, 11) is 3.63. The number of halogens is 4. The second-order valence-electron chi connectivity index (χ2n) is 3.70. The Labute approximate surface area is 118 Å². The van der Waals surface area contributed by atoms with E-state index in [0.717, 1.165) is 0 Å². The Morgan fingerprint density at radius 1 is 0.882 bits per heavy atom. The lowest BCUT2D eigenvalue weighted by Crippen LogP contribution is -2.27. The Bertz CT molecular complexity index is 522. The number of hydrogen-bond donors (Lipinski definition) is 0. The zero-order valence-electron chi connectivity index (χ0n) is 9.16. The third kappa shape index (κ3) is 2.27. The van der Waals surface area contributed by atoms with Gasteiger partial charge in [-0.05, 0) is 46.4 Å². The molecule has 92 valence electrons. The third-order valence-electron chi connectivity index (χ3n) is 2.39. The van der Waals surface area contributed by atoms with Crippen molar-refractivity contribution < 1.29 is 9.13 Å². The Hall–Kier alpha value is -0.420. The van der Waals surface area contributed by atoms with Crippen molar-refractivity contribution in [2.24, 2.45) is 14.1 Å². The van der Waals surface area contributed by atoms with E-state index >= 15 is 0 Å². The molecule has 0 aromatic carbocycles. The van der Waals surface area contributed by atoms with E-state index in [-0.39, 0.29) is 0 Å². The van der Waals surface area contributed by atoms with Gasteiger partial charge in [-0.2, -0.15) is 9.13 Å². The average molecular weight is 316 g/mol. The topological polar surface area (TPSA) is 17.6 Å². The Balaban J connectivity index is 2.38. The molecule has 0 unspecified atom stereocenters. The molecule has 0 aliphatic heterocycles. The molecule has 0 aliphatic rings. The smallest absolute Gasteiger partial charge is 0.222 e. The van der Waals surface area contributed by atoms with Gasteiger partial charge in [-0.3, -0.25) is 0 Å². The van der Waals surface area contributed by atoms with Gasteiger partial charge in [-0.25, -0.2) is 9.13 Å². The van der Waals surface area contributed by atoms with Crippen LogP contribution in [0.1, 0.15) is 0 Å². The monoisotopic (exact) mass is 314 g/mol. The number of aryl methyl sites for hydroxylation is 2. The van der Waals surface area contributed by atoms with Crippen molar-refractivity contribution in [2.75, 3.05) is 0 Å². The molecule has 0 amide bonds. The van der Waals surface area contributed by atoms with Gasteiger partial charge in [-0.1, -0.05) is 0 Å². The third-order valence-corrected chi connectivity index (χ3v) is 4.27. The number of hydrogen-bond acceptors (Lipinski definition) is 0. The van der Waals surface area contributed by atoms with E-state index in [1.54, 1.807) is 30.9 Å². The van der Waals surface area contributed by atoms with Crippen LogP contribution in [0.25, 0.3) is 0 Å². The average Bonchev–Trinajstić information content (AvgIpc) is 2.66. The summed E-state index contributed by atoms with van der Waals surface area (Å²) in [4.78, 5) is 0. The highest BCUT2D eigenvalue weighted by Crippen LogP contribution is 2.21. The van der Waals surface area contributed by atoms with E-state index < -0.39 is 0 Å². The fourth-order valence-corrected chi connectivity index (χ4v) is 2.28. The van der Waals surface area contributed by atoms with Crippen molar-refractivity contribution in [2.45, 2.75) is 6.67 Å². The maximum Gasteiger partial charge on any atom is 0.258 e. The Kier molecular flexibility index (Phi) is 3.59. The highest BCUT2D eigenvalue weighted by molar-refractivity contribution is 6.40. The first-order valence-corrected chi connectivity index (χ1v) is 6.22. The summed E-state index contributed by atoms with van der Waals surface area (Å²) < 4.78 is 6.99. The van der Waals surface area contributed by atoms with Crippen molar-refractivity contribution >= 4 is 46.4 Å². The maximum atomic E-state index is 6.08. The van der Waals surface area contributed by atoms with Gasteiger partial charge < -0.3 is 0 Å². The van der Waals surface area contributed by atoms with Gasteiger partial charge in [0.15, 0.2) is 0 Å². The minimum Gasteiger partial charge on any atom is -0.222 e. The van der Waals surface area contributed by atoms with Crippen molar-refractivity contribution in [1.82, 2.24) is 9.13 Å². The van der Waals surface area contributed by atoms with Gasteiger partial charge in [0, 0.05) is 0 Å². The Morgan fingerprint density at radius 2 is 1.24 bits per heavy atom. The molecule has 0 atom stereocenters. The van der Waals surface area contributed by atoms with E-state index in [4.69, 9.17) is 46.4 Å². The van der Waals surface area contributed by atoms with Crippen LogP contribution in [-0.2, 0) is 20.8 Å². The molecule has 0 saturated carbocycles. The molecule has 17 heavy (non-hydrogen) atoms. The predicted molar refractivity (Wildman–Crippen MR) is 66.7 cm³/mol. The molecule has 2 heterocycles. The predicted octanol–water partition coefficient (Wildman–Crippen LogP) is 2.06. The van der Waals surface area contributed by atoms with Gasteiger partial charge in [0.1, 0.15) is 0 Å². The van der Waals surface area contributed by atoms with Crippen LogP contribution >= 0.6 is 46.4 Å². The van der Waals surface area contributed by atoms with Crippen molar-refractivity contribution in [1.29, 1.82) is 0 Å². The van der Waals surface area contributed by atoms with Crippen LogP contribution in [0.2, 0.25) is 20.6 Å². The van der Waals surface area contributed by atoms with E-state index in [9.17, 15) is 0 Å². The number of aromatic nitrogens is 4. The van der Waals surface area contributed by atoms with E-state index in [2.05, 4.69) is 0 Å². The van der Waals surface area contributed by atoms with Crippen LogP contribution in [0, 0.1) is 0 Å². The molecule has 4 nitrogen and oxygen atoms in total. The minimum absolute atomic E-state index is 0.443. The molecule has 0 radical (unpaired) electrons. The van der Waals surface area contributed by atoms with Crippen LogP contribution in [0.5, 0.6) is 0 Å². The quantitative estimate of drug-likeness (QED) is 0.755. The molecule has 0 bridgehead atoms. The van der Waals surface area contributed by atoms with Crippen molar-refractivity contribution in [3.8, 4) is 0 Å².